The lowest BCUT2D eigenvalue weighted by molar-refractivity contribution is 0.104. The number of halogens is 3. The third kappa shape index (κ3) is 5.11. The zero-order valence-corrected chi connectivity index (χ0v) is 20.9. The molecule has 174 valence electrons. The maximum atomic E-state index is 12.9. The molecule has 1 fully saturated rings. The van der Waals surface area contributed by atoms with Gasteiger partial charge in [-0.25, -0.2) is 18.4 Å². The van der Waals surface area contributed by atoms with Crippen LogP contribution in [0.3, 0.4) is 0 Å². The molecular formula is C20H18Cl3N5O3S2. The van der Waals surface area contributed by atoms with Crippen molar-refractivity contribution < 1.29 is 13.2 Å². The van der Waals surface area contributed by atoms with Crippen molar-refractivity contribution in [1.82, 2.24) is 14.3 Å². The van der Waals surface area contributed by atoms with Crippen molar-refractivity contribution in [1.29, 1.82) is 0 Å². The van der Waals surface area contributed by atoms with E-state index in [-0.39, 0.29) is 42.4 Å². The zero-order chi connectivity index (χ0) is 23.8. The predicted molar refractivity (Wildman–Crippen MR) is 131 cm³/mol. The number of benzene rings is 1. The Balaban J connectivity index is 1.42. The zero-order valence-electron chi connectivity index (χ0n) is 17.0. The van der Waals surface area contributed by atoms with Crippen LogP contribution in [-0.4, -0.2) is 47.6 Å². The Hall–Kier alpha value is -1.95. The molecule has 1 aromatic carbocycles. The van der Waals surface area contributed by atoms with Crippen LogP contribution in [0.1, 0.15) is 28.1 Å². The van der Waals surface area contributed by atoms with E-state index >= 15 is 0 Å². The standard InChI is InChI=1S/C20H18Cl3N5O3S2/c21-13-2-1-3-14(22)16(13)17(29)18-19(24)27-20(32-18)26-11-6-8-28(9-7-11)33(30,31)12-4-5-15(23)25-10-12/h1-5,10-11H,6-9,24H2,(H,26,27). The number of aromatic nitrogens is 2. The Morgan fingerprint density at radius 3 is 2.39 bits per heavy atom. The van der Waals surface area contributed by atoms with E-state index in [4.69, 9.17) is 40.5 Å². The molecule has 3 N–H and O–H groups in total. The number of carbonyl (C=O) groups is 1. The Morgan fingerprint density at radius 1 is 1.12 bits per heavy atom. The van der Waals surface area contributed by atoms with Gasteiger partial charge < -0.3 is 11.1 Å². The third-order valence-corrected chi connectivity index (χ3v) is 8.91. The second kappa shape index (κ2) is 9.73. The van der Waals surface area contributed by atoms with E-state index in [1.165, 1.54) is 22.6 Å². The van der Waals surface area contributed by atoms with Crippen LogP contribution in [0.5, 0.6) is 0 Å². The van der Waals surface area contributed by atoms with Crippen LogP contribution in [0, 0.1) is 0 Å². The number of anilines is 2. The van der Waals surface area contributed by atoms with Gasteiger partial charge in [-0.05, 0) is 37.1 Å². The van der Waals surface area contributed by atoms with Gasteiger partial charge >= 0.3 is 0 Å². The molecule has 1 aliphatic heterocycles. The van der Waals surface area contributed by atoms with Crippen molar-refractivity contribution in [3.8, 4) is 0 Å². The SMILES string of the molecule is Nc1nc(NC2CCN(S(=O)(=O)c3ccc(Cl)nc3)CC2)sc1C(=O)c1c(Cl)cccc1Cl. The Bertz CT molecular complexity index is 1270. The van der Waals surface area contributed by atoms with Crippen LogP contribution in [0.25, 0.3) is 0 Å². The summed E-state index contributed by atoms with van der Waals surface area (Å²) >= 11 is 19.2. The number of rotatable bonds is 6. The van der Waals surface area contributed by atoms with Crippen molar-refractivity contribution in [3.05, 3.63) is 62.2 Å². The fourth-order valence-corrected chi connectivity index (χ4v) is 6.47. The van der Waals surface area contributed by atoms with Crippen molar-refractivity contribution in [2.24, 2.45) is 0 Å². The van der Waals surface area contributed by atoms with E-state index < -0.39 is 15.8 Å². The molecule has 1 aliphatic rings. The molecule has 0 saturated carbocycles. The molecule has 0 amide bonds. The molecule has 0 bridgehead atoms. The molecule has 8 nitrogen and oxygen atoms in total. The molecule has 4 rings (SSSR count). The molecule has 3 aromatic rings. The Labute approximate surface area is 209 Å². The van der Waals surface area contributed by atoms with Crippen molar-refractivity contribution in [2.75, 3.05) is 24.1 Å². The largest absolute Gasteiger partial charge is 0.382 e. The van der Waals surface area contributed by atoms with E-state index in [0.717, 1.165) is 11.3 Å². The molecule has 0 radical (unpaired) electrons. The Morgan fingerprint density at radius 2 is 1.79 bits per heavy atom. The molecule has 1 saturated heterocycles. The van der Waals surface area contributed by atoms with Gasteiger partial charge in [-0.1, -0.05) is 52.2 Å². The van der Waals surface area contributed by atoms with Gasteiger partial charge in [0.05, 0.1) is 15.6 Å². The summed E-state index contributed by atoms with van der Waals surface area (Å²) in [6.07, 6.45) is 2.36. The molecule has 0 spiro atoms. The number of thiazole rings is 1. The van der Waals surface area contributed by atoms with Gasteiger partial charge in [0.25, 0.3) is 0 Å². The second-order valence-electron chi connectivity index (χ2n) is 7.30. The molecular weight excluding hydrogens is 529 g/mol. The molecule has 33 heavy (non-hydrogen) atoms. The quantitative estimate of drug-likeness (QED) is 0.343. The fourth-order valence-electron chi connectivity index (χ4n) is 3.46. The van der Waals surface area contributed by atoms with Crippen LogP contribution < -0.4 is 11.1 Å². The third-order valence-electron chi connectivity index (χ3n) is 5.17. The average molecular weight is 547 g/mol. The minimum Gasteiger partial charge on any atom is -0.382 e. The summed E-state index contributed by atoms with van der Waals surface area (Å²) < 4.78 is 27.0. The van der Waals surface area contributed by atoms with Crippen LogP contribution >= 0.6 is 46.1 Å². The number of nitrogens with zero attached hydrogens (tertiary/aromatic N) is 3. The molecule has 13 heteroatoms. The number of hydrogen-bond donors (Lipinski definition) is 2. The molecule has 3 heterocycles. The first-order valence-corrected chi connectivity index (χ1v) is 13.2. The topological polar surface area (TPSA) is 118 Å². The van der Waals surface area contributed by atoms with Gasteiger partial charge in [-0.2, -0.15) is 4.31 Å². The maximum Gasteiger partial charge on any atom is 0.244 e. The van der Waals surface area contributed by atoms with Crippen molar-refractivity contribution in [2.45, 2.75) is 23.8 Å². The van der Waals surface area contributed by atoms with Gasteiger partial charge in [0, 0.05) is 25.3 Å². The Kier molecular flexibility index (Phi) is 7.13. The summed E-state index contributed by atoms with van der Waals surface area (Å²) in [5.74, 6) is -0.315. The monoisotopic (exact) mass is 545 g/mol. The van der Waals surface area contributed by atoms with Gasteiger partial charge in [-0.3, -0.25) is 4.79 Å². The number of sulfonamides is 1. The number of nitrogens with two attached hydrogens (primary N) is 1. The number of piperidine rings is 1. The molecule has 0 unspecified atom stereocenters. The van der Waals surface area contributed by atoms with Gasteiger partial charge in [-0.15, -0.1) is 0 Å². The summed E-state index contributed by atoms with van der Waals surface area (Å²) in [7, 11) is -3.65. The highest BCUT2D eigenvalue weighted by Gasteiger charge is 2.30. The summed E-state index contributed by atoms with van der Waals surface area (Å²) in [5.41, 5.74) is 6.17. The number of carbonyl (C=O) groups excluding carboxylic acids is 1. The minimum atomic E-state index is -3.65. The van der Waals surface area contributed by atoms with Crippen LogP contribution in [0.4, 0.5) is 10.9 Å². The number of nitrogens with one attached hydrogen (secondary N) is 1. The first-order valence-electron chi connectivity index (χ1n) is 9.80. The van der Waals surface area contributed by atoms with Gasteiger partial charge in [0.2, 0.25) is 15.8 Å². The lowest BCUT2D eigenvalue weighted by Gasteiger charge is -2.31. The van der Waals surface area contributed by atoms with Crippen LogP contribution in [-0.2, 0) is 10.0 Å². The molecule has 0 atom stereocenters. The lowest BCUT2D eigenvalue weighted by atomic mass is 10.1. The molecule has 2 aromatic heterocycles. The van der Waals surface area contributed by atoms with E-state index in [1.807, 2.05) is 0 Å². The summed E-state index contributed by atoms with van der Waals surface area (Å²) in [6.45, 7) is 0.648. The number of pyridine rings is 1. The molecule has 0 aliphatic carbocycles. The minimum absolute atomic E-state index is 0.0304. The highest BCUT2D eigenvalue weighted by atomic mass is 35.5. The lowest BCUT2D eigenvalue weighted by Crippen LogP contribution is -2.42. The number of nitrogen functional groups attached to an aromatic ring is 1. The number of ketones is 1. The van der Waals surface area contributed by atoms with E-state index in [0.29, 0.717) is 31.1 Å². The maximum absolute atomic E-state index is 12.9. The smallest absolute Gasteiger partial charge is 0.244 e. The van der Waals surface area contributed by atoms with Gasteiger partial charge in [0.1, 0.15) is 20.7 Å². The first-order chi connectivity index (χ1) is 15.7. The highest BCUT2D eigenvalue weighted by molar-refractivity contribution is 7.89. The average Bonchev–Trinajstić information content (AvgIpc) is 3.14. The summed E-state index contributed by atoms with van der Waals surface area (Å²) in [4.78, 5) is 21.4. The van der Waals surface area contributed by atoms with E-state index in [2.05, 4.69) is 15.3 Å². The fraction of sp³-hybridized carbons (Fsp3) is 0.250. The summed E-state index contributed by atoms with van der Waals surface area (Å²) in [5, 5.41) is 4.43. The normalized spacial score (nSPS) is 15.5. The van der Waals surface area contributed by atoms with Crippen LogP contribution in [0.2, 0.25) is 15.2 Å². The summed E-state index contributed by atoms with van der Waals surface area (Å²) in [6, 6.07) is 7.68. The predicted octanol–water partition coefficient (Wildman–Crippen LogP) is 4.58. The first kappa shape index (κ1) is 24.2. The highest BCUT2D eigenvalue weighted by Crippen LogP contribution is 2.33. The second-order valence-corrected chi connectivity index (χ2v) is 11.4. The van der Waals surface area contributed by atoms with Crippen molar-refractivity contribution >= 4 is 72.9 Å². The van der Waals surface area contributed by atoms with Crippen LogP contribution in [0.15, 0.2) is 41.4 Å². The van der Waals surface area contributed by atoms with Crippen molar-refractivity contribution in [3.63, 3.8) is 0 Å². The van der Waals surface area contributed by atoms with E-state index in [9.17, 15) is 13.2 Å². The van der Waals surface area contributed by atoms with Gasteiger partial charge in [0.15, 0.2) is 5.13 Å². The number of hydrogen-bond acceptors (Lipinski definition) is 8. The van der Waals surface area contributed by atoms with E-state index in [1.54, 1.807) is 18.2 Å².